The van der Waals surface area contributed by atoms with Gasteiger partial charge in [-0.25, -0.2) is 4.98 Å². The number of primary amides is 1. The van der Waals surface area contributed by atoms with Crippen molar-refractivity contribution in [3.8, 4) is 5.75 Å². The third-order valence-electron chi connectivity index (χ3n) is 3.62. The fourth-order valence-corrected chi connectivity index (χ4v) is 3.16. The first kappa shape index (κ1) is 19.2. The standard InChI is InChI=1S/C18H14Br2N4O3/c1-10-23-15-4-2-13(20)7-14(15)18(26)24(10)22-8-11-6-12(19)3-5-16(11)27-9-17(21)25/h2-8H,9H2,1H3,(H2,21,25). The highest BCUT2D eigenvalue weighted by Gasteiger charge is 2.09. The molecule has 0 fully saturated rings. The Bertz CT molecular complexity index is 1130. The molecular weight excluding hydrogens is 480 g/mol. The zero-order chi connectivity index (χ0) is 19.6. The molecule has 27 heavy (non-hydrogen) atoms. The van der Waals surface area contributed by atoms with Crippen LogP contribution in [0.1, 0.15) is 11.4 Å². The normalized spacial score (nSPS) is 11.2. The molecule has 1 aromatic heterocycles. The van der Waals surface area contributed by atoms with Crippen LogP contribution in [0.4, 0.5) is 0 Å². The Labute approximate surface area is 171 Å². The van der Waals surface area contributed by atoms with Crippen LogP contribution in [0.5, 0.6) is 5.75 Å². The topological polar surface area (TPSA) is 99.6 Å². The molecular formula is C18H14Br2N4O3. The molecule has 1 amide bonds. The fraction of sp³-hybridized carbons (Fsp3) is 0.111. The molecule has 7 nitrogen and oxygen atoms in total. The van der Waals surface area contributed by atoms with E-state index in [1.807, 2.05) is 6.07 Å². The lowest BCUT2D eigenvalue weighted by molar-refractivity contribution is -0.119. The first-order valence-electron chi connectivity index (χ1n) is 7.79. The first-order chi connectivity index (χ1) is 12.8. The van der Waals surface area contributed by atoms with Crippen molar-refractivity contribution in [3.63, 3.8) is 0 Å². The summed E-state index contributed by atoms with van der Waals surface area (Å²) in [6.07, 6.45) is 1.47. The van der Waals surface area contributed by atoms with Gasteiger partial charge in [-0.3, -0.25) is 9.59 Å². The molecule has 0 saturated carbocycles. The van der Waals surface area contributed by atoms with E-state index in [-0.39, 0.29) is 12.2 Å². The molecule has 138 valence electrons. The Morgan fingerprint density at radius 2 is 1.96 bits per heavy atom. The summed E-state index contributed by atoms with van der Waals surface area (Å²) in [6.45, 7) is 1.44. The molecule has 2 aromatic carbocycles. The van der Waals surface area contributed by atoms with E-state index in [1.165, 1.54) is 10.9 Å². The highest BCUT2D eigenvalue weighted by Crippen LogP contribution is 2.22. The number of nitrogens with two attached hydrogens (primary N) is 1. The van der Waals surface area contributed by atoms with Crippen molar-refractivity contribution in [3.05, 3.63) is 67.1 Å². The van der Waals surface area contributed by atoms with Gasteiger partial charge in [-0.1, -0.05) is 31.9 Å². The molecule has 0 spiro atoms. The Morgan fingerprint density at radius 3 is 2.70 bits per heavy atom. The minimum Gasteiger partial charge on any atom is -0.483 e. The lowest BCUT2D eigenvalue weighted by atomic mass is 10.2. The van der Waals surface area contributed by atoms with Crippen LogP contribution < -0.4 is 16.0 Å². The third-order valence-corrected chi connectivity index (χ3v) is 4.61. The maximum Gasteiger partial charge on any atom is 0.282 e. The van der Waals surface area contributed by atoms with Crippen LogP contribution in [-0.4, -0.2) is 28.4 Å². The largest absolute Gasteiger partial charge is 0.483 e. The van der Waals surface area contributed by atoms with Crippen LogP contribution in [0.3, 0.4) is 0 Å². The first-order valence-corrected chi connectivity index (χ1v) is 9.37. The zero-order valence-corrected chi connectivity index (χ0v) is 17.3. The Morgan fingerprint density at radius 1 is 1.26 bits per heavy atom. The SMILES string of the molecule is Cc1nc2ccc(Br)cc2c(=O)n1N=Cc1cc(Br)ccc1OCC(N)=O. The van der Waals surface area contributed by atoms with Gasteiger partial charge in [0.05, 0.1) is 17.1 Å². The van der Waals surface area contributed by atoms with E-state index in [4.69, 9.17) is 10.5 Å². The molecule has 9 heteroatoms. The van der Waals surface area contributed by atoms with Crippen LogP contribution in [0.15, 0.2) is 55.2 Å². The molecule has 0 aliphatic carbocycles. The summed E-state index contributed by atoms with van der Waals surface area (Å²) >= 11 is 6.74. The van der Waals surface area contributed by atoms with E-state index in [1.54, 1.807) is 37.3 Å². The molecule has 0 atom stereocenters. The maximum absolute atomic E-state index is 12.8. The number of carbonyl (C=O) groups excluding carboxylic acids is 1. The van der Waals surface area contributed by atoms with Crippen molar-refractivity contribution >= 4 is 54.9 Å². The molecule has 0 bridgehead atoms. The van der Waals surface area contributed by atoms with E-state index in [2.05, 4.69) is 41.9 Å². The highest BCUT2D eigenvalue weighted by atomic mass is 79.9. The van der Waals surface area contributed by atoms with Gasteiger partial charge in [0.15, 0.2) is 6.61 Å². The average molecular weight is 494 g/mol. The molecule has 0 saturated heterocycles. The molecule has 0 aliphatic heterocycles. The predicted molar refractivity (Wildman–Crippen MR) is 110 cm³/mol. The molecule has 3 rings (SSSR count). The second-order valence-electron chi connectivity index (χ2n) is 5.62. The van der Waals surface area contributed by atoms with Crippen molar-refractivity contribution in [2.75, 3.05) is 6.61 Å². The maximum atomic E-state index is 12.8. The van der Waals surface area contributed by atoms with Crippen molar-refractivity contribution in [2.24, 2.45) is 10.8 Å². The number of benzene rings is 2. The van der Waals surface area contributed by atoms with Crippen molar-refractivity contribution in [2.45, 2.75) is 6.92 Å². The smallest absolute Gasteiger partial charge is 0.282 e. The third kappa shape index (κ3) is 4.42. The number of hydrogen-bond donors (Lipinski definition) is 1. The number of carbonyl (C=O) groups is 1. The minimum absolute atomic E-state index is 0.257. The Hall–Kier alpha value is -2.52. The van der Waals surface area contributed by atoms with Gasteiger partial charge in [-0.2, -0.15) is 9.78 Å². The number of ether oxygens (including phenoxy) is 1. The summed E-state index contributed by atoms with van der Waals surface area (Å²) in [5, 5.41) is 4.72. The number of nitrogens with zero attached hydrogens (tertiary/aromatic N) is 3. The van der Waals surface area contributed by atoms with Crippen molar-refractivity contribution < 1.29 is 9.53 Å². The summed E-state index contributed by atoms with van der Waals surface area (Å²) in [5.41, 5.74) is 6.01. The molecule has 0 aliphatic rings. The second-order valence-corrected chi connectivity index (χ2v) is 7.45. The summed E-state index contributed by atoms with van der Waals surface area (Å²) in [5.74, 6) is 0.279. The van der Waals surface area contributed by atoms with Crippen LogP contribution in [0, 0.1) is 6.92 Å². The van der Waals surface area contributed by atoms with Gasteiger partial charge in [0.2, 0.25) is 0 Å². The summed E-state index contributed by atoms with van der Waals surface area (Å²) in [4.78, 5) is 28.2. The molecule has 0 radical (unpaired) electrons. The lowest BCUT2D eigenvalue weighted by Crippen LogP contribution is -2.21. The number of aryl methyl sites for hydroxylation is 1. The van der Waals surface area contributed by atoms with Gasteiger partial charge in [0.1, 0.15) is 11.6 Å². The Kier molecular flexibility index (Phi) is 5.71. The second kappa shape index (κ2) is 8.01. The summed E-state index contributed by atoms with van der Waals surface area (Å²) in [7, 11) is 0. The van der Waals surface area contributed by atoms with Crippen LogP contribution in [-0.2, 0) is 4.79 Å². The van der Waals surface area contributed by atoms with E-state index in [9.17, 15) is 9.59 Å². The van der Waals surface area contributed by atoms with E-state index >= 15 is 0 Å². The van der Waals surface area contributed by atoms with Gasteiger partial charge >= 0.3 is 0 Å². The monoisotopic (exact) mass is 492 g/mol. The Balaban J connectivity index is 2.05. The number of fused-ring (bicyclic) bond motifs is 1. The number of rotatable bonds is 5. The lowest BCUT2D eigenvalue weighted by Gasteiger charge is -2.09. The van der Waals surface area contributed by atoms with Gasteiger partial charge in [-0.15, -0.1) is 0 Å². The fourth-order valence-electron chi connectivity index (χ4n) is 2.42. The molecule has 2 N–H and O–H groups in total. The minimum atomic E-state index is -0.586. The number of aromatic nitrogens is 2. The summed E-state index contributed by atoms with van der Waals surface area (Å²) < 4.78 is 8.18. The van der Waals surface area contributed by atoms with Crippen LogP contribution >= 0.6 is 31.9 Å². The van der Waals surface area contributed by atoms with Crippen LogP contribution in [0.2, 0.25) is 0 Å². The van der Waals surface area contributed by atoms with Gasteiger partial charge in [-0.05, 0) is 43.3 Å². The van der Waals surface area contributed by atoms with E-state index in [0.717, 1.165) is 8.95 Å². The molecule has 1 heterocycles. The quantitative estimate of drug-likeness (QED) is 0.552. The van der Waals surface area contributed by atoms with Gasteiger partial charge in [0, 0.05) is 14.5 Å². The van der Waals surface area contributed by atoms with Gasteiger partial charge in [0.25, 0.3) is 11.5 Å². The van der Waals surface area contributed by atoms with Crippen molar-refractivity contribution in [1.82, 2.24) is 9.66 Å². The molecule has 0 unspecified atom stereocenters. The predicted octanol–water partition coefficient (Wildman–Crippen LogP) is 2.98. The van der Waals surface area contributed by atoms with E-state index in [0.29, 0.717) is 28.0 Å². The number of amides is 1. The number of halogens is 2. The highest BCUT2D eigenvalue weighted by molar-refractivity contribution is 9.10. The average Bonchev–Trinajstić information content (AvgIpc) is 2.61. The van der Waals surface area contributed by atoms with Crippen LogP contribution in [0.25, 0.3) is 10.9 Å². The van der Waals surface area contributed by atoms with Gasteiger partial charge < -0.3 is 10.5 Å². The zero-order valence-electron chi connectivity index (χ0n) is 14.1. The molecule has 3 aromatic rings. The number of hydrogen-bond acceptors (Lipinski definition) is 5. The summed E-state index contributed by atoms with van der Waals surface area (Å²) in [6, 6.07) is 10.5. The van der Waals surface area contributed by atoms with Crippen molar-refractivity contribution in [1.29, 1.82) is 0 Å². The van der Waals surface area contributed by atoms with E-state index < -0.39 is 5.91 Å².